The van der Waals surface area contributed by atoms with E-state index in [1.165, 1.54) is 29.5 Å². The summed E-state index contributed by atoms with van der Waals surface area (Å²) in [5.41, 5.74) is 0. The average Bonchev–Trinajstić information content (AvgIpc) is 3.02. The van der Waals surface area contributed by atoms with Crippen LogP contribution in [0.15, 0.2) is 22.0 Å². The van der Waals surface area contributed by atoms with Gasteiger partial charge in [0.25, 0.3) is 5.91 Å². The average molecular weight is 278 g/mol. The van der Waals surface area contributed by atoms with Crippen LogP contribution in [-0.4, -0.2) is 29.1 Å². The van der Waals surface area contributed by atoms with Crippen LogP contribution in [0.5, 0.6) is 0 Å². The molecule has 18 heavy (non-hydrogen) atoms. The smallest absolute Gasteiger partial charge is 0.286 e. The SMILES string of the molecule is Cc1ccc(/C=C2/SC(N3CCCC3)=NC2=O)s1. The zero-order valence-electron chi connectivity index (χ0n) is 10.2. The molecule has 2 aliphatic rings. The molecule has 1 aromatic rings. The number of rotatable bonds is 1. The maximum Gasteiger partial charge on any atom is 0.286 e. The molecule has 1 fully saturated rings. The van der Waals surface area contributed by atoms with E-state index in [4.69, 9.17) is 0 Å². The van der Waals surface area contributed by atoms with Crippen LogP contribution in [0, 0.1) is 6.92 Å². The predicted octanol–water partition coefficient (Wildman–Crippen LogP) is 3.12. The highest BCUT2D eigenvalue weighted by molar-refractivity contribution is 8.18. The molecule has 0 N–H and O–H groups in total. The summed E-state index contributed by atoms with van der Waals surface area (Å²) in [6, 6.07) is 4.12. The number of hydrogen-bond acceptors (Lipinski definition) is 4. The van der Waals surface area contributed by atoms with Crippen LogP contribution >= 0.6 is 23.1 Å². The summed E-state index contributed by atoms with van der Waals surface area (Å²) in [6.45, 7) is 4.14. The van der Waals surface area contributed by atoms with Crippen molar-refractivity contribution in [1.82, 2.24) is 4.90 Å². The van der Waals surface area contributed by atoms with Gasteiger partial charge in [-0.1, -0.05) is 0 Å². The number of amides is 1. The molecule has 2 aliphatic heterocycles. The maximum absolute atomic E-state index is 11.9. The van der Waals surface area contributed by atoms with Crippen molar-refractivity contribution < 1.29 is 4.79 Å². The van der Waals surface area contributed by atoms with Crippen molar-refractivity contribution in [3.05, 3.63) is 26.8 Å². The molecule has 0 spiro atoms. The van der Waals surface area contributed by atoms with Crippen molar-refractivity contribution >= 4 is 40.2 Å². The standard InChI is InChI=1S/C13H14N2OS2/c1-9-4-5-10(17-9)8-11-12(16)14-13(18-11)15-6-2-3-7-15/h4-5,8H,2-3,6-7H2,1H3/b11-8+. The Morgan fingerprint density at radius 2 is 2.11 bits per heavy atom. The molecule has 3 rings (SSSR count). The van der Waals surface area contributed by atoms with Gasteiger partial charge in [0.05, 0.1) is 4.91 Å². The molecule has 0 saturated carbocycles. The summed E-state index contributed by atoms with van der Waals surface area (Å²) in [7, 11) is 0. The topological polar surface area (TPSA) is 32.7 Å². The second-order valence-electron chi connectivity index (χ2n) is 4.45. The lowest BCUT2D eigenvalue weighted by Crippen LogP contribution is -2.23. The van der Waals surface area contributed by atoms with Crippen LogP contribution < -0.4 is 0 Å². The van der Waals surface area contributed by atoms with Gasteiger partial charge in [-0.2, -0.15) is 4.99 Å². The number of carbonyl (C=O) groups is 1. The van der Waals surface area contributed by atoms with Crippen molar-refractivity contribution in [3.8, 4) is 0 Å². The Morgan fingerprint density at radius 3 is 2.78 bits per heavy atom. The summed E-state index contributed by atoms with van der Waals surface area (Å²) in [5.74, 6) is -0.0899. The Morgan fingerprint density at radius 1 is 1.33 bits per heavy atom. The highest BCUT2D eigenvalue weighted by atomic mass is 32.2. The number of carbonyl (C=O) groups excluding carboxylic acids is 1. The fourth-order valence-electron chi connectivity index (χ4n) is 2.10. The van der Waals surface area contributed by atoms with Gasteiger partial charge in [-0.15, -0.1) is 11.3 Å². The van der Waals surface area contributed by atoms with Gasteiger partial charge in [-0.05, 0) is 49.7 Å². The number of nitrogens with zero attached hydrogens (tertiary/aromatic N) is 2. The Bertz CT molecular complexity index is 539. The minimum absolute atomic E-state index is 0.0899. The molecule has 94 valence electrons. The normalized spacial score (nSPS) is 22.1. The summed E-state index contributed by atoms with van der Waals surface area (Å²) in [5, 5.41) is 0.886. The van der Waals surface area contributed by atoms with Gasteiger partial charge in [0.2, 0.25) is 0 Å². The van der Waals surface area contributed by atoms with Gasteiger partial charge in [0.15, 0.2) is 5.17 Å². The molecule has 0 aromatic carbocycles. The lowest BCUT2D eigenvalue weighted by atomic mass is 10.4. The second kappa shape index (κ2) is 4.90. The van der Waals surface area contributed by atoms with Crippen molar-refractivity contribution in [2.24, 2.45) is 4.99 Å². The number of aryl methyl sites for hydroxylation is 1. The van der Waals surface area contributed by atoms with E-state index >= 15 is 0 Å². The highest BCUT2D eigenvalue weighted by Gasteiger charge is 2.27. The van der Waals surface area contributed by atoms with Crippen LogP contribution in [-0.2, 0) is 4.79 Å². The number of aliphatic imine (C=N–C) groups is 1. The molecule has 1 saturated heterocycles. The quantitative estimate of drug-likeness (QED) is 0.740. The minimum Gasteiger partial charge on any atom is -0.351 e. The van der Waals surface area contributed by atoms with Gasteiger partial charge in [0.1, 0.15) is 0 Å². The highest BCUT2D eigenvalue weighted by Crippen LogP contribution is 2.32. The Kier molecular flexibility index (Phi) is 3.26. The van der Waals surface area contributed by atoms with Crippen LogP contribution in [0.3, 0.4) is 0 Å². The summed E-state index contributed by atoms with van der Waals surface area (Å²) in [6.07, 6.45) is 4.37. The first kappa shape index (κ1) is 12.0. The fraction of sp³-hybridized carbons (Fsp3) is 0.385. The molecular weight excluding hydrogens is 264 g/mol. The summed E-state index contributed by atoms with van der Waals surface area (Å²) in [4.78, 5) is 21.4. The van der Waals surface area contributed by atoms with Crippen molar-refractivity contribution in [1.29, 1.82) is 0 Å². The van der Waals surface area contributed by atoms with Crippen molar-refractivity contribution in [3.63, 3.8) is 0 Å². The fourth-order valence-corrected chi connectivity index (χ4v) is 3.95. The van der Waals surface area contributed by atoms with Crippen LogP contribution in [0.1, 0.15) is 22.6 Å². The molecule has 1 aromatic heterocycles. The summed E-state index contributed by atoms with van der Waals surface area (Å²) >= 11 is 3.22. The lowest BCUT2D eigenvalue weighted by molar-refractivity contribution is -0.113. The Hall–Kier alpha value is -1.07. The van der Waals surface area contributed by atoms with E-state index in [0.717, 1.165) is 28.0 Å². The largest absolute Gasteiger partial charge is 0.351 e. The lowest BCUT2D eigenvalue weighted by Gasteiger charge is -2.14. The maximum atomic E-state index is 11.9. The zero-order valence-corrected chi connectivity index (χ0v) is 11.8. The van der Waals surface area contributed by atoms with E-state index in [2.05, 4.69) is 28.9 Å². The molecule has 0 radical (unpaired) electrons. The monoisotopic (exact) mass is 278 g/mol. The number of hydrogen-bond donors (Lipinski definition) is 0. The molecule has 3 heterocycles. The molecule has 0 unspecified atom stereocenters. The van der Waals surface area contributed by atoms with Crippen LogP contribution in [0.25, 0.3) is 6.08 Å². The number of thioether (sulfide) groups is 1. The minimum atomic E-state index is -0.0899. The first-order valence-electron chi connectivity index (χ1n) is 6.06. The van der Waals surface area contributed by atoms with E-state index in [9.17, 15) is 4.79 Å². The van der Waals surface area contributed by atoms with Crippen molar-refractivity contribution in [2.45, 2.75) is 19.8 Å². The molecule has 5 heteroatoms. The first-order valence-corrected chi connectivity index (χ1v) is 7.69. The predicted molar refractivity (Wildman–Crippen MR) is 77.9 cm³/mol. The molecule has 0 atom stereocenters. The summed E-state index contributed by atoms with van der Waals surface area (Å²) < 4.78 is 0. The number of thiophene rings is 1. The third kappa shape index (κ3) is 2.37. The number of amidine groups is 1. The van der Waals surface area contributed by atoms with E-state index in [0.29, 0.717) is 0 Å². The van der Waals surface area contributed by atoms with E-state index in [1.807, 2.05) is 6.08 Å². The van der Waals surface area contributed by atoms with Crippen LogP contribution in [0.2, 0.25) is 0 Å². The third-order valence-electron chi connectivity index (χ3n) is 3.02. The van der Waals surface area contributed by atoms with Crippen LogP contribution in [0.4, 0.5) is 0 Å². The number of likely N-dealkylation sites (tertiary alicyclic amines) is 1. The van der Waals surface area contributed by atoms with E-state index in [1.54, 1.807) is 11.3 Å². The van der Waals surface area contributed by atoms with Gasteiger partial charge in [0, 0.05) is 22.8 Å². The van der Waals surface area contributed by atoms with E-state index in [-0.39, 0.29) is 5.91 Å². The molecule has 3 nitrogen and oxygen atoms in total. The zero-order chi connectivity index (χ0) is 12.5. The molecular formula is C13H14N2OS2. The first-order chi connectivity index (χ1) is 8.72. The van der Waals surface area contributed by atoms with E-state index < -0.39 is 0 Å². The molecule has 0 bridgehead atoms. The molecule has 1 amide bonds. The van der Waals surface area contributed by atoms with Gasteiger partial charge in [-0.3, -0.25) is 4.79 Å². The Balaban J connectivity index is 1.77. The third-order valence-corrected chi connectivity index (χ3v) is 5.01. The van der Waals surface area contributed by atoms with Crippen molar-refractivity contribution in [2.75, 3.05) is 13.1 Å². The van der Waals surface area contributed by atoms with Gasteiger partial charge < -0.3 is 4.90 Å². The Labute approximate surface area is 115 Å². The van der Waals surface area contributed by atoms with Gasteiger partial charge in [-0.25, -0.2) is 0 Å². The second-order valence-corrected chi connectivity index (χ2v) is 6.78. The molecule has 0 aliphatic carbocycles. The van der Waals surface area contributed by atoms with Gasteiger partial charge >= 0.3 is 0 Å².